The maximum atomic E-state index is 12.5. The van der Waals surface area contributed by atoms with Gasteiger partial charge in [-0.3, -0.25) is 0 Å². The molecule has 4 rings (SSSR count). The average Bonchev–Trinajstić information content (AvgIpc) is 2.77. The first-order valence-electron chi connectivity index (χ1n) is 9.06. The van der Waals surface area contributed by atoms with E-state index in [0.29, 0.717) is 32.3 Å². The van der Waals surface area contributed by atoms with Crippen molar-refractivity contribution in [1.82, 2.24) is 4.90 Å². The van der Waals surface area contributed by atoms with E-state index in [0.717, 1.165) is 6.42 Å². The Balaban J connectivity index is 1.63. The van der Waals surface area contributed by atoms with Crippen molar-refractivity contribution < 1.29 is 14.3 Å². The number of nitrogens with zero attached hydrogens (tertiary/aromatic N) is 2. The Morgan fingerprint density at radius 1 is 1.36 bits per heavy atom. The van der Waals surface area contributed by atoms with E-state index in [-0.39, 0.29) is 18.2 Å². The number of hydrogen-bond donors (Lipinski definition) is 1. The second-order valence-electron chi connectivity index (χ2n) is 8.23. The van der Waals surface area contributed by atoms with E-state index in [9.17, 15) is 4.79 Å². The molecule has 0 radical (unpaired) electrons. The topological polar surface area (TPSA) is 68.0 Å². The highest BCUT2D eigenvalue weighted by molar-refractivity contribution is 5.71. The third kappa shape index (κ3) is 2.87. The Bertz CT molecular complexity index is 685. The lowest BCUT2D eigenvalue weighted by Crippen LogP contribution is -2.54. The zero-order valence-corrected chi connectivity index (χ0v) is 15.2. The van der Waals surface area contributed by atoms with E-state index in [4.69, 9.17) is 15.2 Å². The van der Waals surface area contributed by atoms with Crippen LogP contribution in [0.25, 0.3) is 0 Å². The molecule has 25 heavy (non-hydrogen) atoms. The van der Waals surface area contributed by atoms with Gasteiger partial charge in [-0.2, -0.15) is 0 Å². The van der Waals surface area contributed by atoms with Crippen molar-refractivity contribution in [1.29, 1.82) is 0 Å². The second kappa shape index (κ2) is 5.88. The Morgan fingerprint density at radius 3 is 2.92 bits per heavy atom. The van der Waals surface area contributed by atoms with Gasteiger partial charge in [0.25, 0.3) is 0 Å². The van der Waals surface area contributed by atoms with E-state index < -0.39 is 5.60 Å². The Morgan fingerprint density at radius 2 is 2.16 bits per heavy atom. The lowest BCUT2D eigenvalue weighted by atomic mass is 9.88. The van der Waals surface area contributed by atoms with Crippen molar-refractivity contribution in [3.05, 3.63) is 29.3 Å². The van der Waals surface area contributed by atoms with Gasteiger partial charge < -0.3 is 25.0 Å². The van der Waals surface area contributed by atoms with Gasteiger partial charge in [-0.1, -0.05) is 18.2 Å². The van der Waals surface area contributed by atoms with E-state index in [1.165, 1.54) is 16.8 Å². The van der Waals surface area contributed by atoms with Gasteiger partial charge in [0.1, 0.15) is 11.8 Å². The van der Waals surface area contributed by atoms with Gasteiger partial charge in [0, 0.05) is 36.3 Å². The van der Waals surface area contributed by atoms with Gasteiger partial charge in [-0.25, -0.2) is 4.79 Å². The molecular weight excluding hydrogens is 318 g/mol. The van der Waals surface area contributed by atoms with E-state index in [1.54, 1.807) is 0 Å². The molecule has 1 saturated heterocycles. The SMILES string of the molecule is CC(C)(C)OC(=O)N1CC[C@H]2[C@@H](C1)c1cccc3c1N2C(N)COC3. The van der Waals surface area contributed by atoms with Crippen LogP contribution in [0.2, 0.25) is 0 Å². The molecule has 3 heterocycles. The minimum Gasteiger partial charge on any atom is -0.444 e. The van der Waals surface area contributed by atoms with Crippen LogP contribution < -0.4 is 10.6 Å². The summed E-state index contributed by atoms with van der Waals surface area (Å²) in [7, 11) is 0. The molecule has 1 aromatic carbocycles. The molecule has 3 atom stereocenters. The number of rotatable bonds is 0. The maximum Gasteiger partial charge on any atom is 0.410 e. The van der Waals surface area contributed by atoms with Gasteiger partial charge in [0.05, 0.1) is 13.2 Å². The number of likely N-dealkylation sites (tertiary alicyclic amines) is 1. The van der Waals surface area contributed by atoms with E-state index >= 15 is 0 Å². The molecule has 136 valence electrons. The third-order valence-corrected chi connectivity index (χ3v) is 5.30. The minimum atomic E-state index is -0.471. The van der Waals surface area contributed by atoms with Crippen LogP contribution >= 0.6 is 0 Å². The summed E-state index contributed by atoms with van der Waals surface area (Å²) in [5.74, 6) is 0.278. The number of benzene rings is 1. The molecule has 0 spiro atoms. The molecular formula is C19H27N3O3. The monoisotopic (exact) mass is 345 g/mol. The minimum absolute atomic E-state index is 0.134. The molecule has 0 aliphatic carbocycles. The molecule has 3 aliphatic heterocycles. The number of piperidine rings is 1. The van der Waals surface area contributed by atoms with Gasteiger partial charge in [-0.05, 0) is 32.8 Å². The number of hydrogen-bond acceptors (Lipinski definition) is 5. The van der Waals surface area contributed by atoms with Gasteiger partial charge >= 0.3 is 6.09 Å². The lowest BCUT2D eigenvalue weighted by molar-refractivity contribution is 0.0185. The predicted molar refractivity (Wildman–Crippen MR) is 95.5 cm³/mol. The largest absolute Gasteiger partial charge is 0.444 e. The number of carbonyl (C=O) groups excluding carboxylic acids is 1. The highest BCUT2D eigenvalue weighted by atomic mass is 16.6. The molecule has 6 nitrogen and oxygen atoms in total. The summed E-state index contributed by atoms with van der Waals surface area (Å²) in [4.78, 5) is 16.7. The van der Waals surface area contributed by atoms with Crippen molar-refractivity contribution in [2.24, 2.45) is 5.73 Å². The molecule has 2 N–H and O–H groups in total. The van der Waals surface area contributed by atoms with E-state index in [1.807, 2.05) is 25.7 Å². The number of amides is 1. The zero-order chi connectivity index (χ0) is 17.8. The highest BCUT2D eigenvalue weighted by Crippen LogP contribution is 2.48. The number of fused-ring (bicyclic) bond motifs is 3. The fourth-order valence-electron chi connectivity index (χ4n) is 4.36. The van der Waals surface area contributed by atoms with Crippen LogP contribution in [-0.2, 0) is 16.1 Å². The number of ether oxygens (including phenoxy) is 2. The van der Waals surface area contributed by atoms with Crippen LogP contribution in [-0.4, -0.2) is 48.5 Å². The number of nitrogens with two attached hydrogens (primary N) is 1. The van der Waals surface area contributed by atoms with Crippen LogP contribution in [0.4, 0.5) is 10.5 Å². The van der Waals surface area contributed by atoms with Crippen LogP contribution in [0.15, 0.2) is 18.2 Å². The molecule has 0 saturated carbocycles. The molecule has 3 aliphatic rings. The molecule has 1 amide bonds. The summed E-state index contributed by atoms with van der Waals surface area (Å²) in [5.41, 5.74) is 9.66. The molecule has 0 bridgehead atoms. The van der Waals surface area contributed by atoms with Crippen molar-refractivity contribution in [2.75, 3.05) is 24.6 Å². The summed E-state index contributed by atoms with van der Waals surface area (Å²) in [6.45, 7) is 8.23. The standard InChI is InChI=1S/C19H27N3O3/c1-19(2,3)25-18(23)21-8-7-15-14(9-21)13-6-4-5-12-10-24-11-16(20)22(15)17(12)13/h4-6,14-16H,7-11,20H2,1-3H3/t14-,15-,16?/m0/s1. The average molecular weight is 345 g/mol. The molecule has 1 fully saturated rings. The first-order valence-corrected chi connectivity index (χ1v) is 9.06. The first-order chi connectivity index (χ1) is 11.8. The number of para-hydroxylation sites is 1. The fourth-order valence-corrected chi connectivity index (χ4v) is 4.36. The van der Waals surface area contributed by atoms with Crippen LogP contribution in [0.3, 0.4) is 0 Å². The summed E-state index contributed by atoms with van der Waals surface area (Å²) >= 11 is 0. The van der Waals surface area contributed by atoms with Crippen molar-refractivity contribution in [3.8, 4) is 0 Å². The molecule has 0 aromatic heterocycles. The predicted octanol–water partition coefficient (Wildman–Crippen LogP) is 2.41. The first kappa shape index (κ1) is 16.7. The van der Waals surface area contributed by atoms with Gasteiger partial charge in [0.15, 0.2) is 0 Å². The van der Waals surface area contributed by atoms with Crippen LogP contribution in [0.1, 0.15) is 44.2 Å². The fraction of sp³-hybridized carbons (Fsp3) is 0.632. The van der Waals surface area contributed by atoms with Crippen molar-refractivity contribution in [2.45, 2.75) is 57.5 Å². The normalized spacial score (nSPS) is 28.2. The van der Waals surface area contributed by atoms with E-state index in [2.05, 4.69) is 23.1 Å². The zero-order valence-electron chi connectivity index (χ0n) is 15.2. The molecule has 1 unspecified atom stereocenters. The second-order valence-corrected chi connectivity index (χ2v) is 8.23. The highest BCUT2D eigenvalue weighted by Gasteiger charge is 2.46. The van der Waals surface area contributed by atoms with Crippen LogP contribution in [0.5, 0.6) is 0 Å². The summed E-state index contributed by atoms with van der Waals surface area (Å²) in [5, 5.41) is 0. The molecule has 1 aromatic rings. The Kier molecular flexibility index (Phi) is 3.92. The third-order valence-electron chi connectivity index (χ3n) is 5.30. The molecule has 6 heteroatoms. The van der Waals surface area contributed by atoms with Crippen LogP contribution in [0, 0.1) is 0 Å². The number of anilines is 1. The lowest BCUT2D eigenvalue weighted by Gasteiger charge is -2.40. The smallest absolute Gasteiger partial charge is 0.410 e. The quantitative estimate of drug-likeness (QED) is 0.782. The Hall–Kier alpha value is -1.79. The Labute approximate surface area is 148 Å². The number of carbonyl (C=O) groups is 1. The van der Waals surface area contributed by atoms with Crippen molar-refractivity contribution in [3.63, 3.8) is 0 Å². The van der Waals surface area contributed by atoms with Crippen molar-refractivity contribution >= 4 is 11.8 Å². The van der Waals surface area contributed by atoms with Gasteiger partial charge in [0.2, 0.25) is 0 Å². The summed E-state index contributed by atoms with van der Waals surface area (Å²) in [6, 6.07) is 6.70. The summed E-state index contributed by atoms with van der Waals surface area (Å²) < 4.78 is 11.3. The maximum absolute atomic E-state index is 12.5. The summed E-state index contributed by atoms with van der Waals surface area (Å²) in [6.07, 6.45) is 0.540. The van der Waals surface area contributed by atoms with Gasteiger partial charge in [-0.15, -0.1) is 0 Å².